The van der Waals surface area contributed by atoms with Crippen molar-refractivity contribution in [1.29, 1.82) is 0 Å². The number of amides is 1. The number of rotatable bonds is 8. The highest BCUT2D eigenvalue weighted by molar-refractivity contribution is 7.90. The second-order valence-electron chi connectivity index (χ2n) is 4.16. The minimum atomic E-state index is -3.12. The van der Waals surface area contributed by atoms with Gasteiger partial charge in [-0.05, 0) is 12.8 Å². The molecular formula is C11H23NO4S. The van der Waals surface area contributed by atoms with E-state index in [0.717, 1.165) is 19.1 Å². The van der Waals surface area contributed by atoms with Gasteiger partial charge in [0.2, 0.25) is 5.91 Å². The topological polar surface area (TPSA) is 74.7 Å². The summed E-state index contributed by atoms with van der Waals surface area (Å²) in [5.41, 5.74) is 0. The molecule has 0 unspecified atom stereocenters. The van der Waals surface area contributed by atoms with Gasteiger partial charge in [-0.1, -0.05) is 13.8 Å². The number of nitrogens with zero attached hydrogens (tertiary/aromatic N) is 1. The molecule has 0 rings (SSSR count). The molecule has 0 aliphatic heterocycles. The van der Waals surface area contributed by atoms with Gasteiger partial charge < -0.3 is 10.0 Å². The molecule has 0 aromatic heterocycles. The summed E-state index contributed by atoms with van der Waals surface area (Å²) in [6.07, 6.45) is 2.73. The minimum Gasteiger partial charge on any atom is -0.395 e. The summed E-state index contributed by atoms with van der Waals surface area (Å²) >= 11 is 0. The highest BCUT2D eigenvalue weighted by Crippen LogP contribution is 2.10. The lowest BCUT2D eigenvalue weighted by Crippen LogP contribution is -2.42. The van der Waals surface area contributed by atoms with Gasteiger partial charge in [0.25, 0.3) is 0 Å². The first-order valence-corrected chi connectivity index (χ1v) is 7.99. The molecule has 0 saturated carbocycles. The molecule has 1 N–H and O–H groups in total. The van der Waals surface area contributed by atoms with Crippen LogP contribution in [0.15, 0.2) is 0 Å². The van der Waals surface area contributed by atoms with Crippen LogP contribution in [0.1, 0.15) is 33.1 Å². The van der Waals surface area contributed by atoms with Crippen LogP contribution in [0.4, 0.5) is 0 Å². The van der Waals surface area contributed by atoms with Crippen LogP contribution < -0.4 is 0 Å². The molecule has 6 heteroatoms. The first-order valence-electron chi connectivity index (χ1n) is 5.93. The van der Waals surface area contributed by atoms with Crippen molar-refractivity contribution in [3.8, 4) is 0 Å². The number of sulfone groups is 1. The van der Waals surface area contributed by atoms with E-state index >= 15 is 0 Å². The molecule has 0 aliphatic rings. The SMILES string of the molecule is CCC(CC)N(CCO)C(=O)CCS(C)(=O)=O. The van der Waals surface area contributed by atoms with Gasteiger partial charge in [-0.3, -0.25) is 4.79 Å². The van der Waals surface area contributed by atoms with Crippen molar-refractivity contribution in [3.63, 3.8) is 0 Å². The Labute approximate surface area is 104 Å². The fraction of sp³-hybridized carbons (Fsp3) is 0.909. The van der Waals surface area contributed by atoms with Crippen LogP contribution in [0.25, 0.3) is 0 Å². The van der Waals surface area contributed by atoms with Crippen molar-refractivity contribution in [2.24, 2.45) is 0 Å². The zero-order chi connectivity index (χ0) is 13.5. The van der Waals surface area contributed by atoms with Gasteiger partial charge in [0, 0.05) is 25.3 Å². The van der Waals surface area contributed by atoms with Crippen molar-refractivity contribution >= 4 is 15.7 Å². The van der Waals surface area contributed by atoms with Crippen molar-refractivity contribution in [3.05, 3.63) is 0 Å². The minimum absolute atomic E-state index is 0.00463. The molecule has 17 heavy (non-hydrogen) atoms. The third kappa shape index (κ3) is 6.63. The molecule has 0 aliphatic carbocycles. The van der Waals surface area contributed by atoms with Crippen molar-refractivity contribution in [2.75, 3.05) is 25.2 Å². The van der Waals surface area contributed by atoms with Gasteiger partial charge >= 0.3 is 0 Å². The number of aliphatic hydroxyl groups is 1. The average molecular weight is 265 g/mol. The summed E-state index contributed by atoms with van der Waals surface area (Å²) in [5, 5.41) is 8.94. The van der Waals surface area contributed by atoms with Crippen LogP contribution in [0, 0.1) is 0 Å². The Morgan fingerprint density at radius 2 is 1.82 bits per heavy atom. The van der Waals surface area contributed by atoms with Gasteiger partial charge in [-0.15, -0.1) is 0 Å². The molecule has 1 amide bonds. The van der Waals surface area contributed by atoms with E-state index < -0.39 is 9.84 Å². The van der Waals surface area contributed by atoms with Crippen LogP contribution in [0.5, 0.6) is 0 Å². The smallest absolute Gasteiger partial charge is 0.223 e. The van der Waals surface area contributed by atoms with E-state index in [-0.39, 0.29) is 37.3 Å². The Hall–Kier alpha value is -0.620. The lowest BCUT2D eigenvalue weighted by atomic mass is 10.1. The van der Waals surface area contributed by atoms with E-state index in [4.69, 9.17) is 5.11 Å². The highest BCUT2D eigenvalue weighted by Gasteiger charge is 2.21. The van der Waals surface area contributed by atoms with Gasteiger partial charge in [-0.2, -0.15) is 0 Å². The zero-order valence-electron chi connectivity index (χ0n) is 10.8. The molecule has 0 bridgehead atoms. The Balaban J connectivity index is 4.53. The molecule has 0 aromatic rings. The summed E-state index contributed by atoms with van der Waals surface area (Å²) in [6.45, 7) is 4.13. The van der Waals surface area contributed by atoms with E-state index in [1.807, 2.05) is 13.8 Å². The number of carbonyl (C=O) groups excluding carboxylic acids is 1. The molecule has 0 spiro atoms. The average Bonchev–Trinajstić information content (AvgIpc) is 2.25. The maximum atomic E-state index is 11.9. The number of hydrogen-bond acceptors (Lipinski definition) is 4. The molecule has 0 radical (unpaired) electrons. The lowest BCUT2D eigenvalue weighted by molar-refractivity contribution is -0.133. The van der Waals surface area contributed by atoms with Crippen LogP contribution in [-0.2, 0) is 14.6 Å². The molecule has 0 fully saturated rings. The van der Waals surface area contributed by atoms with Crippen LogP contribution in [-0.4, -0.2) is 55.5 Å². The van der Waals surface area contributed by atoms with Gasteiger partial charge in [0.1, 0.15) is 9.84 Å². The largest absolute Gasteiger partial charge is 0.395 e. The fourth-order valence-electron chi connectivity index (χ4n) is 1.76. The molecule has 0 heterocycles. The summed E-state index contributed by atoms with van der Waals surface area (Å²) < 4.78 is 22.0. The molecular weight excluding hydrogens is 242 g/mol. The number of aliphatic hydroxyl groups excluding tert-OH is 1. The second kappa shape index (κ2) is 7.66. The van der Waals surface area contributed by atoms with E-state index in [1.54, 1.807) is 4.90 Å². The summed E-state index contributed by atoms with van der Waals surface area (Å²) in [6, 6.07) is 0.0780. The summed E-state index contributed by atoms with van der Waals surface area (Å²) in [4.78, 5) is 13.5. The Bertz CT molecular complexity index is 322. The normalized spacial score (nSPS) is 11.8. The standard InChI is InChI=1S/C11H23NO4S/c1-4-10(5-2)12(7-8-13)11(14)6-9-17(3,15)16/h10,13H,4-9H2,1-3H3. The third-order valence-corrected chi connectivity index (χ3v) is 3.68. The van der Waals surface area contributed by atoms with Crippen molar-refractivity contribution < 1.29 is 18.3 Å². The monoisotopic (exact) mass is 265 g/mol. The maximum Gasteiger partial charge on any atom is 0.223 e. The van der Waals surface area contributed by atoms with E-state index in [2.05, 4.69) is 0 Å². The van der Waals surface area contributed by atoms with Crippen LogP contribution in [0.2, 0.25) is 0 Å². The number of hydrogen-bond donors (Lipinski definition) is 1. The molecule has 0 aromatic carbocycles. The molecule has 102 valence electrons. The van der Waals surface area contributed by atoms with E-state index in [1.165, 1.54) is 0 Å². The highest BCUT2D eigenvalue weighted by atomic mass is 32.2. The number of carbonyl (C=O) groups is 1. The fourth-order valence-corrected chi connectivity index (χ4v) is 2.31. The van der Waals surface area contributed by atoms with Crippen LogP contribution >= 0.6 is 0 Å². The van der Waals surface area contributed by atoms with Gasteiger partial charge in [0.15, 0.2) is 0 Å². The van der Waals surface area contributed by atoms with Crippen molar-refractivity contribution in [2.45, 2.75) is 39.2 Å². The molecule has 0 saturated heterocycles. The zero-order valence-corrected chi connectivity index (χ0v) is 11.7. The Kier molecular flexibility index (Phi) is 7.38. The van der Waals surface area contributed by atoms with Crippen molar-refractivity contribution in [1.82, 2.24) is 4.90 Å². The third-order valence-electron chi connectivity index (χ3n) is 2.73. The lowest BCUT2D eigenvalue weighted by Gasteiger charge is -2.30. The second-order valence-corrected chi connectivity index (χ2v) is 6.42. The Morgan fingerprint density at radius 3 is 2.18 bits per heavy atom. The van der Waals surface area contributed by atoms with Gasteiger partial charge in [0.05, 0.1) is 12.4 Å². The van der Waals surface area contributed by atoms with Crippen LogP contribution in [0.3, 0.4) is 0 Å². The molecule has 5 nitrogen and oxygen atoms in total. The quantitative estimate of drug-likeness (QED) is 0.690. The predicted octanol–water partition coefficient (Wildman–Crippen LogP) is 0.431. The Morgan fingerprint density at radius 1 is 1.29 bits per heavy atom. The van der Waals surface area contributed by atoms with E-state index in [9.17, 15) is 13.2 Å². The van der Waals surface area contributed by atoms with E-state index in [0.29, 0.717) is 0 Å². The predicted molar refractivity (Wildman–Crippen MR) is 67.5 cm³/mol. The van der Waals surface area contributed by atoms with Gasteiger partial charge in [-0.25, -0.2) is 8.42 Å². The summed E-state index contributed by atoms with van der Waals surface area (Å²) in [7, 11) is -3.12. The molecule has 0 atom stereocenters. The summed E-state index contributed by atoms with van der Waals surface area (Å²) in [5.74, 6) is -0.327. The first-order chi connectivity index (χ1) is 7.85. The first kappa shape index (κ1) is 16.4. The maximum absolute atomic E-state index is 11.9.